The van der Waals surface area contributed by atoms with Crippen LogP contribution in [0.5, 0.6) is 11.5 Å². The first-order chi connectivity index (χ1) is 16.3. The van der Waals surface area contributed by atoms with Crippen molar-refractivity contribution in [2.45, 2.75) is 39.7 Å². The number of amides is 1. The van der Waals surface area contributed by atoms with E-state index in [0.717, 1.165) is 46.2 Å². The summed E-state index contributed by atoms with van der Waals surface area (Å²) in [6.45, 7) is 5.95. The summed E-state index contributed by atoms with van der Waals surface area (Å²) in [4.78, 5) is 21.8. The van der Waals surface area contributed by atoms with Crippen LogP contribution in [0.1, 0.15) is 41.7 Å². The first kappa shape index (κ1) is 23.5. The van der Waals surface area contributed by atoms with Gasteiger partial charge >= 0.3 is 0 Å². The van der Waals surface area contributed by atoms with Crippen LogP contribution >= 0.6 is 0 Å². The van der Waals surface area contributed by atoms with Crippen LogP contribution in [0.2, 0.25) is 0 Å². The van der Waals surface area contributed by atoms with Crippen molar-refractivity contribution < 1.29 is 14.3 Å². The molecule has 178 valence electrons. The maximum absolute atomic E-state index is 12.3. The number of methoxy groups -OCH3 is 2. The number of fused-ring (bicyclic) bond motifs is 1. The summed E-state index contributed by atoms with van der Waals surface area (Å²) in [5.74, 6) is 3.05. The summed E-state index contributed by atoms with van der Waals surface area (Å²) in [6.07, 6.45) is 1.11. The molecule has 8 nitrogen and oxygen atoms in total. The Bertz CT molecular complexity index is 1230. The van der Waals surface area contributed by atoms with E-state index in [1.165, 1.54) is 0 Å². The van der Waals surface area contributed by atoms with E-state index in [1.54, 1.807) is 21.3 Å². The van der Waals surface area contributed by atoms with Crippen molar-refractivity contribution in [2.75, 3.05) is 21.3 Å². The molecule has 1 amide bonds. The van der Waals surface area contributed by atoms with Crippen molar-refractivity contribution in [1.82, 2.24) is 20.1 Å². The highest BCUT2D eigenvalue weighted by Gasteiger charge is 2.28. The van der Waals surface area contributed by atoms with Crippen LogP contribution in [0.25, 0.3) is 5.69 Å². The van der Waals surface area contributed by atoms with Crippen LogP contribution in [0.15, 0.2) is 41.4 Å². The molecule has 4 rings (SSSR count). The number of benzene rings is 2. The van der Waals surface area contributed by atoms with Gasteiger partial charge in [-0.2, -0.15) is 5.10 Å². The molecule has 2 aromatic carbocycles. The Morgan fingerprint density at radius 1 is 1.12 bits per heavy atom. The third kappa shape index (κ3) is 4.53. The lowest BCUT2D eigenvalue weighted by Gasteiger charge is -2.18. The molecule has 0 spiro atoms. The highest BCUT2D eigenvalue weighted by Crippen LogP contribution is 2.36. The van der Waals surface area contributed by atoms with Gasteiger partial charge in [-0.05, 0) is 56.0 Å². The Hall–Kier alpha value is -3.68. The van der Waals surface area contributed by atoms with E-state index >= 15 is 0 Å². The number of rotatable bonds is 6. The van der Waals surface area contributed by atoms with Crippen molar-refractivity contribution in [3.05, 3.63) is 64.7 Å². The van der Waals surface area contributed by atoms with Gasteiger partial charge in [0, 0.05) is 24.6 Å². The summed E-state index contributed by atoms with van der Waals surface area (Å²) < 4.78 is 13.0. The molecule has 0 fully saturated rings. The fourth-order valence-corrected chi connectivity index (χ4v) is 4.45. The number of ether oxygens (including phenoxy) is 2. The fourth-order valence-electron chi connectivity index (χ4n) is 4.45. The first-order valence-electron chi connectivity index (χ1n) is 11.4. The molecule has 1 aliphatic heterocycles. The Balaban J connectivity index is 1.83. The van der Waals surface area contributed by atoms with E-state index in [0.29, 0.717) is 17.9 Å². The van der Waals surface area contributed by atoms with Gasteiger partial charge in [-0.3, -0.25) is 9.79 Å². The van der Waals surface area contributed by atoms with E-state index < -0.39 is 0 Å². The average Bonchev–Trinajstić information content (AvgIpc) is 3.12. The second-order valence-corrected chi connectivity index (χ2v) is 8.63. The minimum Gasteiger partial charge on any atom is -0.493 e. The SMILES string of the molecule is CNC(=O)CC1N=C(c2ccc(-n3nc(C)nc3C)cc2)c2cc(OC)c(OC)cc2CC1C. The second-order valence-electron chi connectivity index (χ2n) is 8.63. The molecule has 2 atom stereocenters. The maximum atomic E-state index is 12.3. The third-order valence-electron chi connectivity index (χ3n) is 6.29. The Morgan fingerprint density at radius 3 is 2.38 bits per heavy atom. The van der Waals surface area contributed by atoms with E-state index in [4.69, 9.17) is 14.5 Å². The number of aryl methyl sites for hydroxylation is 2. The van der Waals surface area contributed by atoms with Crippen LogP contribution in [0.4, 0.5) is 0 Å². The number of nitrogens with zero attached hydrogens (tertiary/aromatic N) is 4. The zero-order chi connectivity index (χ0) is 24.4. The lowest BCUT2D eigenvalue weighted by molar-refractivity contribution is -0.121. The van der Waals surface area contributed by atoms with Crippen molar-refractivity contribution in [3.63, 3.8) is 0 Å². The van der Waals surface area contributed by atoms with Gasteiger partial charge in [0.1, 0.15) is 11.6 Å². The van der Waals surface area contributed by atoms with E-state index in [-0.39, 0.29) is 17.9 Å². The van der Waals surface area contributed by atoms with E-state index in [9.17, 15) is 4.79 Å². The number of carbonyl (C=O) groups excluding carboxylic acids is 1. The molecule has 2 heterocycles. The summed E-state index contributed by atoms with van der Waals surface area (Å²) in [6, 6.07) is 12.0. The average molecular weight is 462 g/mol. The predicted octanol–water partition coefficient (Wildman–Crippen LogP) is 3.44. The van der Waals surface area contributed by atoms with Crippen molar-refractivity contribution in [3.8, 4) is 17.2 Å². The normalized spacial score (nSPS) is 17.4. The Morgan fingerprint density at radius 2 is 1.79 bits per heavy atom. The van der Waals surface area contributed by atoms with Crippen molar-refractivity contribution >= 4 is 11.6 Å². The number of carbonyl (C=O) groups is 1. The van der Waals surface area contributed by atoms with Gasteiger partial charge in [-0.15, -0.1) is 0 Å². The smallest absolute Gasteiger partial charge is 0.221 e. The maximum Gasteiger partial charge on any atom is 0.221 e. The zero-order valence-corrected chi connectivity index (χ0v) is 20.5. The molecule has 0 radical (unpaired) electrons. The van der Waals surface area contributed by atoms with Crippen LogP contribution in [0.3, 0.4) is 0 Å². The minimum atomic E-state index is -0.153. The monoisotopic (exact) mass is 461 g/mol. The molecule has 1 aliphatic rings. The molecule has 0 bridgehead atoms. The highest BCUT2D eigenvalue weighted by atomic mass is 16.5. The lowest BCUT2D eigenvalue weighted by Crippen LogP contribution is -2.27. The molecule has 34 heavy (non-hydrogen) atoms. The largest absolute Gasteiger partial charge is 0.493 e. The summed E-state index contributed by atoms with van der Waals surface area (Å²) in [5, 5.41) is 7.21. The van der Waals surface area contributed by atoms with E-state index in [2.05, 4.69) is 22.3 Å². The van der Waals surface area contributed by atoms with Gasteiger partial charge in [0.2, 0.25) is 5.91 Å². The molecule has 1 N–H and O–H groups in total. The van der Waals surface area contributed by atoms with Gasteiger partial charge in [0.05, 0.1) is 31.7 Å². The number of aromatic nitrogens is 3. The fraction of sp³-hybridized carbons (Fsp3) is 0.385. The second kappa shape index (κ2) is 9.67. The number of hydrogen-bond acceptors (Lipinski definition) is 6. The van der Waals surface area contributed by atoms with Crippen LogP contribution in [-0.4, -0.2) is 53.7 Å². The molecule has 2 unspecified atom stereocenters. The number of nitrogens with one attached hydrogen (secondary N) is 1. The van der Waals surface area contributed by atoms with Crippen molar-refractivity contribution in [1.29, 1.82) is 0 Å². The Kier molecular flexibility index (Phi) is 6.68. The lowest BCUT2D eigenvalue weighted by atomic mass is 9.90. The minimum absolute atomic E-state index is 0.0200. The third-order valence-corrected chi connectivity index (χ3v) is 6.29. The predicted molar refractivity (Wildman–Crippen MR) is 131 cm³/mol. The van der Waals surface area contributed by atoms with Gasteiger partial charge < -0.3 is 14.8 Å². The molecule has 8 heteroatoms. The molecule has 0 saturated carbocycles. The van der Waals surface area contributed by atoms with Gasteiger partial charge in [0.25, 0.3) is 0 Å². The zero-order valence-electron chi connectivity index (χ0n) is 20.5. The molecule has 0 saturated heterocycles. The highest BCUT2D eigenvalue weighted by molar-refractivity contribution is 6.14. The quantitative estimate of drug-likeness (QED) is 0.607. The summed E-state index contributed by atoms with van der Waals surface area (Å²) in [7, 11) is 4.93. The summed E-state index contributed by atoms with van der Waals surface area (Å²) >= 11 is 0. The standard InChI is InChI=1S/C26H31N5O3/c1-15-11-19-12-23(33-5)24(34-6)13-21(19)26(29-22(15)14-25(32)27-4)18-7-9-20(10-8-18)31-17(3)28-16(2)30-31/h7-10,12-13,15,22H,11,14H2,1-6H3,(H,27,32). The van der Waals surface area contributed by atoms with Crippen LogP contribution in [-0.2, 0) is 11.2 Å². The molecule has 1 aromatic heterocycles. The number of aliphatic imine (C=N–C) groups is 1. The molecule has 0 aliphatic carbocycles. The van der Waals surface area contributed by atoms with Gasteiger partial charge in [0.15, 0.2) is 11.5 Å². The number of hydrogen-bond donors (Lipinski definition) is 1. The summed E-state index contributed by atoms with van der Waals surface area (Å²) in [5.41, 5.74) is 4.84. The van der Waals surface area contributed by atoms with Gasteiger partial charge in [-0.1, -0.05) is 19.1 Å². The van der Waals surface area contributed by atoms with E-state index in [1.807, 2.05) is 54.9 Å². The molecule has 3 aromatic rings. The molecular weight excluding hydrogens is 430 g/mol. The first-order valence-corrected chi connectivity index (χ1v) is 11.4. The van der Waals surface area contributed by atoms with Gasteiger partial charge in [-0.25, -0.2) is 9.67 Å². The Labute approximate surface area is 200 Å². The van der Waals surface area contributed by atoms with Crippen LogP contribution < -0.4 is 14.8 Å². The molecular formula is C26H31N5O3. The van der Waals surface area contributed by atoms with Crippen molar-refractivity contribution in [2.24, 2.45) is 10.9 Å². The van der Waals surface area contributed by atoms with Crippen LogP contribution in [0, 0.1) is 19.8 Å². The topological polar surface area (TPSA) is 90.6 Å².